The largest absolute Gasteiger partial charge is 0.359 e. The molecule has 0 aliphatic heterocycles. The number of rotatable bonds is 4. The lowest BCUT2D eigenvalue weighted by molar-refractivity contribution is -0.123. The first-order valence-electron chi connectivity index (χ1n) is 5.79. The molecule has 5 nitrogen and oxygen atoms in total. The Morgan fingerprint density at radius 3 is 2.89 bits per heavy atom. The number of carbonyl (C=O) groups excluding carboxylic acids is 1. The van der Waals surface area contributed by atoms with Crippen LogP contribution in [-0.4, -0.2) is 31.5 Å². The van der Waals surface area contributed by atoms with E-state index in [0.29, 0.717) is 17.9 Å². The van der Waals surface area contributed by atoms with Gasteiger partial charge in [0.15, 0.2) is 0 Å². The number of carbonyl (C=O) groups is 1. The highest BCUT2D eigenvalue weighted by Gasteiger charge is 2.17. The quantitative estimate of drug-likeness (QED) is 0.863. The fourth-order valence-electron chi connectivity index (χ4n) is 1.80. The molecule has 5 heteroatoms. The van der Waals surface area contributed by atoms with Gasteiger partial charge in [-0.2, -0.15) is 5.26 Å². The van der Waals surface area contributed by atoms with Gasteiger partial charge < -0.3 is 10.2 Å². The van der Waals surface area contributed by atoms with Gasteiger partial charge in [-0.3, -0.25) is 4.79 Å². The minimum Gasteiger partial charge on any atom is -0.359 e. The summed E-state index contributed by atoms with van der Waals surface area (Å²) < 4.78 is 0. The number of aromatic nitrogens is 1. The summed E-state index contributed by atoms with van der Waals surface area (Å²) in [5, 5.41) is 11.8. The number of anilines is 1. The topological polar surface area (TPSA) is 69.0 Å². The van der Waals surface area contributed by atoms with Crippen LogP contribution in [0.2, 0.25) is 0 Å². The van der Waals surface area contributed by atoms with E-state index >= 15 is 0 Å². The van der Waals surface area contributed by atoms with Crippen LogP contribution in [0.15, 0.2) is 12.3 Å². The summed E-state index contributed by atoms with van der Waals surface area (Å²) in [6, 6.07) is 3.96. The summed E-state index contributed by atoms with van der Waals surface area (Å²) >= 11 is 0. The van der Waals surface area contributed by atoms with Crippen LogP contribution in [0.3, 0.4) is 0 Å². The van der Waals surface area contributed by atoms with Crippen molar-refractivity contribution in [3.05, 3.63) is 23.4 Å². The molecule has 0 aliphatic rings. The Morgan fingerprint density at radius 2 is 2.33 bits per heavy atom. The van der Waals surface area contributed by atoms with E-state index in [4.69, 9.17) is 5.26 Å². The van der Waals surface area contributed by atoms with E-state index in [-0.39, 0.29) is 11.8 Å². The summed E-state index contributed by atoms with van der Waals surface area (Å²) in [5.74, 6) is 0.440. The van der Waals surface area contributed by atoms with Crippen molar-refractivity contribution in [3.63, 3.8) is 0 Å². The van der Waals surface area contributed by atoms with E-state index in [0.717, 1.165) is 5.56 Å². The predicted octanol–water partition coefficient (Wildman–Crippen LogP) is 1.08. The molecular weight excluding hydrogens is 228 g/mol. The second-order valence-electron chi connectivity index (χ2n) is 4.33. The van der Waals surface area contributed by atoms with Crippen LogP contribution in [0.4, 0.5) is 5.82 Å². The Bertz CT molecular complexity index is 478. The molecule has 0 spiro atoms. The molecule has 1 unspecified atom stereocenters. The maximum Gasteiger partial charge on any atom is 0.224 e. The molecular formula is C13H18N4O. The molecule has 0 saturated carbocycles. The second kappa shape index (κ2) is 6.01. The van der Waals surface area contributed by atoms with Gasteiger partial charge in [0, 0.05) is 26.8 Å². The molecule has 1 atom stereocenters. The summed E-state index contributed by atoms with van der Waals surface area (Å²) in [6.07, 6.45) is 1.67. The standard InChI is InChI=1S/C13H18N4O/c1-9-5-6-16-12(11(9)7-14)17(4)8-10(2)13(18)15-3/h5-6,10H,8H2,1-4H3,(H,15,18). The van der Waals surface area contributed by atoms with Crippen molar-refractivity contribution in [1.29, 1.82) is 5.26 Å². The van der Waals surface area contributed by atoms with E-state index in [9.17, 15) is 4.79 Å². The molecule has 1 heterocycles. The predicted molar refractivity (Wildman–Crippen MR) is 70.2 cm³/mol. The van der Waals surface area contributed by atoms with Crippen LogP contribution in [0.5, 0.6) is 0 Å². The van der Waals surface area contributed by atoms with Crippen molar-refractivity contribution in [2.75, 3.05) is 25.5 Å². The zero-order chi connectivity index (χ0) is 13.7. The lowest BCUT2D eigenvalue weighted by atomic mass is 10.1. The smallest absolute Gasteiger partial charge is 0.224 e. The Morgan fingerprint density at radius 1 is 1.67 bits per heavy atom. The average molecular weight is 246 g/mol. The van der Waals surface area contributed by atoms with E-state index in [1.807, 2.05) is 25.8 Å². The van der Waals surface area contributed by atoms with Crippen molar-refractivity contribution >= 4 is 11.7 Å². The van der Waals surface area contributed by atoms with Gasteiger partial charge in [-0.1, -0.05) is 6.92 Å². The number of hydrogen-bond acceptors (Lipinski definition) is 4. The summed E-state index contributed by atoms with van der Waals surface area (Å²) in [4.78, 5) is 17.5. The SMILES string of the molecule is CNC(=O)C(C)CN(C)c1nccc(C)c1C#N. The average Bonchev–Trinajstić information content (AvgIpc) is 2.37. The zero-order valence-electron chi connectivity index (χ0n) is 11.2. The molecule has 1 aromatic rings. The van der Waals surface area contributed by atoms with Gasteiger partial charge >= 0.3 is 0 Å². The van der Waals surface area contributed by atoms with Crippen molar-refractivity contribution < 1.29 is 4.79 Å². The van der Waals surface area contributed by atoms with Gasteiger partial charge in [0.05, 0.1) is 11.5 Å². The maximum atomic E-state index is 11.5. The van der Waals surface area contributed by atoms with Gasteiger partial charge in [-0.15, -0.1) is 0 Å². The Hall–Kier alpha value is -2.09. The summed E-state index contributed by atoms with van der Waals surface area (Å²) in [7, 11) is 3.45. The normalized spacial score (nSPS) is 11.5. The van der Waals surface area contributed by atoms with Crippen LogP contribution < -0.4 is 10.2 Å². The number of nitrogens with one attached hydrogen (secondary N) is 1. The number of aryl methyl sites for hydroxylation is 1. The van der Waals surface area contributed by atoms with Crippen molar-refractivity contribution in [2.45, 2.75) is 13.8 Å². The third kappa shape index (κ3) is 2.98. The first-order chi connectivity index (χ1) is 8.51. The van der Waals surface area contributed by atoms with Gasteiger partial charge in [0.1, 0.15) is 11.9 Å². The van der Waals surface area contributed by atoms with E-state index in [1.165, 1.54) is 0 Å². The lowest BCUT2D eigenvalue weighted by Gasteiger charge is -2.22. The van der Waals surface area contributed by atoms with E-state index in [1.54, 1.807) is 19.3 Å². The molecule has 18 heavy (non-hydrogen) atoms. The van der Waals surface area contributed by atoms with Crippen LogP contribution in [0.25, 0.3) is 0 Å². The fourth-order valence-corrected chi connectivity index (χ4v) is 1.80. The number of hydrogen-bond donors (Lipinski definition) is 1. The van der Waals surface area contributed by atoms with Crippen LogP contribution >= 0.6 is 0 Å². The second-order valence-corrected chi connectivity index (χ2v) is 4.33. The van der Waals surface area contributed by atoms with Gasteiger partial charge in [0.2, 0.25) is 5.91 Å². The molecule has 0 aromatic carbocycles. The molecule has 0 saturated heterocycles. The van der Waals surface area contributed by atoms with Gasteiger partial charge in [0.25, 0.3) is 0 Å². The van der Waals surface area contributed by atoms with Crippen molar-refractivity contribution in [3.8, 4) is 6.07 Å². The van der Waals surface area contributed by atoms with Gasteiger partial charge in [-0.25, -0.2) is 4.98 Å². The molecule has 0 radical (unpaired) electrons. The maximum absolute atomic E-state index is 11.5. The summed E-state index contributed by atoms with van der Waals surface area (Å²) in [6.45, 7) is 4.24. The molecule has 96 valence electrons. The third-order valence-corrected chi connectivity index (χ3v) is 2.85. The van der Waals surface area contributed by atoms with E-state index in [2.05, 4.69) is 16.4 Å². The molecule has 1 aromatic heterocycles. The van der Waals surface area contributed by atoms with Crippen LogP contribution in [0.1, 0.15) is 18.1 Å². The molecule has 0 bridgehead atoms. The molecule has 1 amide bonds. The lowest BCUT2D eigenvalue weighted by Crippen LogP contribution is -2.35. The highest BCUT2D eigenvalue weighted by Crippen LogP contribution is 2.19. The highest BCUT2D eigenvalue weighted by molar-refractivity contribution is 5.78. The van der Waals surface area contributed by atoms with Crippen molar-refractivity contribution in [1.82, 2.24) is 10.3 Å². The Kier molecular flexibility index (Phi) is 4.67. The van der Waals surface area contributed by atoms with E-state index < -0.39 is 0 Å². The Labute approximate surface area is 107 Å². The first-order valence-corrected chi connectivity index (χ1v) is 5.79. The molecule has 0 aliphatic carbocycles. The number of pyridine rings is 1. The number of nitrogens with zero attached hydrogens (tertiary/aromatic N) is 3. The van der Waals surface area contributed by atoms with Crippen LogP contribution in [-0.2, 0) is 4.79 Å². The minimum absolute atomic E-state index is 0.0204. The fraction of sp³-hybridized carbons (Fsp3) is 0.462. The summed E-state index contributed by atoms with van der Waals surface area (Å²) in [5.41, 5.74) is 1.45. The zero-order valence-corrected chi connectivity index (χ0v) is 11.2. The highest BCUT2D eigenvalue weighted by atomic mass is 16.1. The van der Waals surface area contributed by atoms with Crippen molar-refractivity contribution in [2.24, 2.45) is 5.92 Å². The third-order valence-electron chi connectivity index (χ3n) is 2.85. The minimum atomic E-state index is -0.158. The monoisotopic (exact) mass is 246 g/mol. The number of nitriles is 1. The molecule has 1 rings (SSSR count). The first kappa shape index (κ1) is 14.0. The van der Waals surface area contributed by atoms with Gasteiger partial charge in [-0.05, 0) is 18.6 Å². The molecule has 1 N–H and O–H groups in total. The Balaban J connectivity index is 2.92. The molecule has 0 fully saturated rings. The number of amides is 1. The van der Waals surface area contributed by atoms with Crippen LogP contribution in [0, 0.1) is 24.2 Å².